The number of unbranched alkanes of at least 4 members (excludes halogenated alkanes) is 9. The van der Waals surface area contributed by atoms with Gasteiger partial charge in [-0.15, -0.1) is 0 Å². The molecule has 1 N–H and O–H groups in total. The van der Waals surface area contributed by atoms with E-state index in [1.807, 2.05) is 6.92 Å². The Labute approximate surface area is 185 Å². The first-order valence-corrected chi connectivity index (χ1v) is 13.0. The van der Waals surface area contributed by atoms with Crippen molar-refractivity contribution in [3.05, 3.63) is 0 Å². The van der Waals surface area contributed by atoms with Gasteiger partial charge in [-0.1, -0.05) is 71.6 Å². The van der Waals surface area contributed by atoms with Crippen LogP contribution in [0.4, 0.5) is 0 Å². The molecule has 0 saturated carbocycles. The maximum Gasteiger partial charge on any atom is 0.239 e. The number of nitrogens with zero attached hydrogens (tertiary/aromatic N) is 2. The van der Waals surface area contributed by atoms with E-state index < -0.39 is 0 Å². The summed E-state index contributed by atoms with van der Waals surface area (Å²) < 4.78 is 0. The van der Waals surface area contributed by atoms with E-state index in [4.69, 9.17) is 0 Å². The van der Waals surface area contributed by atoms with Crippen LogP contribution in [-0.4, -0.2) is 47.4 Å². The molecule has 30 heavy (non-hydrogen) atoms. The Morgan fingerprint density at radius 3 is 2.27 bits per heavy atom. The van der Waals surface area contributed by atoms with Crippen LogP contribution in [0.2, 0.25) is 0 Å². The van der Waals surface area contributed by atoms with Crippen LogP contribution in [0.15, 0.2) is 0 Å². The highest BCUT2D eigenvalue weighted by Gasteiger charge is 2.29. The fraction of sp³-hybridized carbons (Fsp3) is 0.920. The predicted molar refractivity (Wildman–Crippen MR) is 124 cm³/mol. The average molecular weight is 422 g/mol. The van der Waals surface area contributed by atoms with Crippen molar-refractivity contribution in [2.45, 2.75) is 123 Å². The van der Waals surface area contributed by atoms with Gasteiger partial charge in [0.15, 0.2) is 0 Å². The van der Waals surface area contributed by atoms with Gasteiger partial charge in [0.1, 0.15) is 0 Å². The Morgan fingerprint density at radius 1 is 0.900 bits per heavy atom. The number of carbonyl (C=O) groups is 2. The summed E-state index contributed by atoms with van der Waals surface area (Å²) in [5.74, 6) is 0.645. The maximum absolute atomic E-state index is 12.8. The molecule has 174 valence electrons. The molecule has 0 aliphatic carbocycles. The first-order valence-electron chi connectivity index (χ1n) is 13.0. The molecule has 2 amide bonds. The topological polar surface area (TPSA) is 52.7 Å². The molecule has 2 heterocycles. The van der Waals surface area contributed by atoms with E-state index in [2.05, 4.69) is 17.2 Å². The van der Waals surface area contributed by atoms with E-state index in [1.165, 1.54) is 64.2 Å². The molecule has 2 aliphatic heterocycles. The summed E-state index contributed by atoms with van der Waals surface area (Å²) in [6.45, 7) is 6.66. The monoisotopic (exact) mass is 421 g/mol. The lowest BCUT2D eigenvalue weighted by molar-refractivity contribution is -0.142. The molecule has 0 aromatic rings. The molecular weight excluding hydrogens is 374 g/mol. The number of piperidine rings is 2. The largest absolute Gasteiger partial charge is 0.338 e. The van der Waals surface area contributed by atoms with Gasteiger partial charge in [-0.2, -0.15) is 0 Å². The van der Waals surface area contributed by atoms with E-state index in [1.54, 1.807) is 5.01 Å². The lowest BCUT2D eigenvalue weighted by atomic mass is 10.00. The maximum atomic E-state index is 12.8. The fourth-order valence-electron chi connectivity index (χ4n) is 4.88. The van der Waals surface area contributed by atoms with Crippen molar-refractivity contribution in [1.82, 2.24) is 15.3 Å². The number of likely N-dealkylation sites (tertiary alicyclic amines) is 1. The summed E-state index contributed by atoms with van der Waals surface area (Å²) in [6, 6.07) is 0.236. The Kier molecular flexibility index (Phi) is 12.4. The van der Waals surface area contributed by atoms with Crippen LogP contribution in [0, 0.1) is 5.92 Å². The molecule has 2 fully saturated rings. The molecule has 0 aromatic carbocycles. The van der Waals surface area contributed by atoms with Crippen LogP contribution in [0.1, 0.15) is 117 Å². The zero-order valence-electron chi connectivity index (χ0n) is 19.8. The molecule has 0 aromatic heterocycles. The van der Waals surface area contributed by atoms with Gasteiger partial charge in [-0.3, -0.25) is 14.6 Å². The van der Waals surface area contributed by atoms with E-state index in [0.717, 1.165) is 45.2 Å². The normalized spacial score (nSPS) is 22.5. The Morgan fingerprint density at radius 2 is 1.57 bits per heavy atom. The minimum atomic E-state index is 0.117. The molecular formula is C25H47N3O2. The lowest BCUT2D eigenvalue weighted by Gasteiger charge is -2.38. The molecule has 2 saturated heterocycles. The Hall–Kier alpha value is -1.10. The molecule has 0 spiro atoms. The van der Waals surface area contributed by atoms with E-state index in [0.29, 0.717) is 18.9 Å². The van der Waals surface area contributed by atoms with E-state index >= 15 is 0 Å². The van der Waals surface area contributed by atoms with Crippen molar-refractivity contribution in [1.29, 1.82) is 0 Å². The first kappa shape index (κ1) is 25.2. The molecule has 5 heteroatoms. The third-order valence-corrected chi connectivity index (χ3v) is 6.92. The van der Waals surface area contributed by atoms with Gasteiger partial charge >= 0.3 is 0 Å². The van der Waals surface area contributed by atoms with Gasteiger partial charge in [0.2, 0.25) is 11.8 Å². The average Bonchev–Trinajstić information content (AvgIpc) is 2.76. The number of hydrogen-bond acceptors (Lipinski definition) is 3. The summed E-state index contributed by atoms with van der Waals surface area (Å²) in [4.78, 5) is 27.2. The van der Waals surface area contributed by atoms with Crippen LogP contribution in [0.3, 0.4) is 0 Å². The van der Waals surface area contributed by atoms with Gasteiger partial charge in [0.05, 0.1) is 0 Å². The second-order valence-corrected chi connectivity index (χ2v) is 9.56. The lowest BCUT2D eigenvalue weighted by Crippen LogP contribution is -2.55. The first-order chi connectivity index (χ1) is 14.6. The molecule has 2 unspecified atom stereocenters. The van der Waals surface area contributed by atoms with Gasteiger partial charge in [0.25, 0.3) is 0 Å². The van der Waals surface area contributed by atoms with Crippen LogP contribution in [0.5, 0.6) is 0 Å². The van der Waals surface area contributed by atoms with Gasteiger partial charge in [0, 0.05) is 38.0 Å². The SMILES string of the molecule is CCCCCCCCCCCCC(=O)N1CCCCC1CNN1CCCC(C)C1=O. The number of nitrogens with one attached hydrogen (secondary N) is 1. The molecule has 2 atom stereocenters. The third kappa shape index (κ3) is 8.95. The molecule has 0 radical (unpaired) electrons. The number of rotatable bonds is 14. The van der Waals surface area contributed by atoms with Crippen molar-refractivity contribution in [3.63, 3.8) is 0 Å². The number of carbonyl (C=O) groups excluding carboxylic acids is 2. The number of hydrogen-bond donors (Lipinski definition) is 1. The van der Waals surface area contributed by atoms with Gasteiger partial charge in [-0.25, -0.2) is 5.43 Å². The quantitative estimate of drug-likeness (QED) is 0.380. The molecule has 2 aliphatic rings. The van der Waals surface area contributed by atoms with Gasteiger partial charge in [-0.05, 0) is 38.5 Å². The molecule has 2 rings (SSSR count). The number of hydrazine groups is 1. The van der Waals surface area contributed by atoms with Crippen LogP contribution >= 0.6 is 0 Å². The summed E-state index contributed by atoms with van der Waals surface area (Å²) in [7, 11) is 0. The summed E-state index contributed by atoms with van der Waals surface area (Å²) >= 11 is 0. The summed E-state index contributed by atoms with van der Waals surface area (Å²) in [5.41, 5.74) is 3.35. The second kappa shape index (κ2) is 14.8. The van der Waals surface area contributed by atoms with E-state index in [9.17, 15) is 9.59 Å². The van der Waals surface area contributed by atoms with Crippen LogP contribution < -0.4 is 5.43 Å². The minimum Gasteiger partial charge on any atom is -0.338 e. The van der Waals surface area contributed by atoms with E-state index in [-0.39, 0.29) is 17.9 Å². The Bertz CT molecular complexity index is 497. The minimum absolute atomic E-state index is 0.117. The van der Waals surface area contributed by atoms with Crippen molar-refractivity contribution in [2.75, 3.05) is 19.6 Å². The standard InChI is InChI=1S/C25H47N3O2/c1-3-4-5-6-7-8-9-10-11-12-18-24(29)27-19-14-13-17-23(27)21-26-28-20-15-16-22(2)25(28)30/h22-23,26H,3-21H2,1-2H3. The highest BCUT2D eigenvalue weighted by molar-refractivity contribution is 5.78. The van der Waals surface area contributed by atoms with Crippen molar-refractivity contribution >= 4 is 11.8 Å². The number of amides is 2. The van der Waals surface area contributed by atoms with Crippen molar-refractivity contribution < 1.29 is 9.59 Å². The highest BCUT2D eigenvalue weighted by Crippen LogP contribution is 2.20. The second-order valence-electron chi connectivity index (χ2n) is 9.56. The molecule has 0 bridgehead atoms. The fourth-order valence-corrected chi connectivity index (χ4v) is 4.88. The van der Waals surface area contributed by atoms with Crippen LogP contribution in [0.25, 0.3) is 0 Å². The van der Waals surface area contributed by atoms with Gasteiger partial charge < -0.3 is 4.90 Å². The summed E-state index contributed by atoms with van der Waals surface area (Å²) in [6.07, 6.45) is 19.1. The smallest absolute Gasteiger partial charge is 0.239 e. The zero-order chi connectivity index (χ0) is 21.6. The van der Waals surface area contributed by atoms with Crippen LogP contribution in [-0.2, 0) is 9.59 Å². The summed E-state index contributed by atoms with van der Waals surface area (Å²) in [5, 5.41) is 1.80. The van der Waals surface area contributed by atoms with Crippen molar-refractivity contribution in [3.8, 4) is 0 Å². The predicted octanol–water partition coefficient (Wildman–Crippen LogP) is 5.44. The third-order valence-electron chi connectivity index (χ3n) is 6.92. The zero-order valence-corrected chi connectivity index (χ0v) is 19.8. The highest BCUT2D eigenvalue weighted by atomic mass is 16.2. The Balaban J connectivity index is 1.60. The molecule has 5 nitrogen and oxygen atoms in total. The van der Waals surface area contributed by atoms with Crippen molar-refractivity contribution in [2.24, 2.45) is 5.92 Å².